The van der Waals surface area contributed by atoms with Crippen LogP contribution in [0, 0.1) is 5.82 Å². The largest absolute Gasteiger partial charge is 0.326 e. The highest BCUT2D eigenvalue weighted by atomic mass is 19.1. The number of amides is 1. The zero-order valence-electron chi connectivity index (χ0n) is 14.1. The van der Waals surface area contributed by atoms with Crippen molar-refractivity contribution in [3.8, 4) is 0 Å². The molecule has 0 spiro atoms. The third kappa shape index (κ3) is 4.04. The number of carbonyl (C=O) groups excluding carboxylic acids is 1. The Hall–Kier alpha value is -2.28. The Morgan fingerprint density at radius 2 is 2.20 bits per heavy atom. The Balaban J connectivity index is 1.24. The minimum Gasteiger partial charge on any atom is -0.326 e. The quantitative estimate of drug-likeness (QED) is 0.876. The molecule has 1 aromatic carbocycles. The van der Waals surface area contributed by atoms with Gasteiger partial charge in [-0.15, -0.1) is 5.10 Å². The number of nitrogens with zero attached hydrogens (tertiary/aromatic N) is 4. The molecule has 2 aromatic rings. The Labute approximate surface area is 146 Å². The summed E-state index contributed by atoms with van der Waals surface area (Å²) in [4.78, 5) is 14.3. The number of rotatable bonds is 6. The predicted octanol–water partition coefficient (Wildman–Crippen LogP) is 2.57. The van der Waals surface area contributed by atoms with Gasteiger partial charge in [0.15, 0.2) is 0 Å². The molecule has 7 heteroatoms. The lowest BCUT2D eigenvalue weighted by atomic mass is 10.2. The number of likely N-dealkylation sites (tertiary alicyclic amines) is 1. The van der Waals surface area contributed by atoms with E-state index < -0.39 is 0 Å². The standard InChI is InChI=1S/C18H22FN5O/c19-14-2-1-3-15(10-14)20-18(25)7-9-23-8-6-16(11-23)24-12-17(21-22-24)13-4-5-13/h1-3,10,12-13,16H,4-9,11H2,(H,20,25). The minimum atomic E-state index is -0.349. The van der Waals surface area contributed by atoms with Crippen LogP contribution in [-0.2, 0) is 4.79 Å². The lowest BCUT2D eigenvalue weighted by Gasteiger charge is -2.15. The molecule has 1 unspecified atom stereocenters. The van der Waals surface area contributed by atoms with Crippen molar-refractivity contribution >= 4 is 11.6 Å². The molecule has 25 heavy (non-hydrogen) atoms. The van der Waals surface area contributed by atoms with Crippen molar-refractivity contribution in [2.45, 2.75) is 37.6 Å². The molecule has 6 nitrogen and oxygen atoms in total. The van der Waals surface area contributed by atoms with E-state index in [9.17, 15) is 9.18 Å². The van der Waals surface area contributed by atoms with Crippen molar-refractivity contribution in [1.29, 1.82) is 0 Å². The predicted molar refractivity (Wildman–Crippen MR) is 91.7 cm³/mol. The Morgan fingerprint density at radius 1 is 1.32 bits per heavy atom. The summed E-state index contributed by atoms with van der Waals surface area (Å²) in [5.74, 6) is 0.183. The molecule has 2 fully saturated rings. The molecule has 0 bridgehead atoms. The monoisotopic (exact) mass is 343 g/mol. The number of hydrogen-bond donors (Lipinski definition) is 1. The summed E-state index contributed by atoms with van der Waals surface area (Å²) in [6.07, 6.45) is 5.97. The molecule has 1 saturated heterocycles. The lowest BCUT2D eigenvalue weighted by Crippen LogP contribution is -2.26. The number of hydrogen-bond acceptors (Lipinski definition) is 4. The first kappa shape index (κ1) is 16.2. The highest BCUT2D eigenvalue weighted by molar-refractivity contribution is 5.90. The number of anilines is 1. The molecule has 4 rings (SSSR count). The fourth-order valence-electron chi connectivity index (χ4n) is 3.32. The zero-order valence-corrected chi connectivity index (χ0v) is 14.1. The smallest absolute Gasteiger partial charge is 0.225 e. The van der Waals surface area contributed by atoms with Gasteiger partial charge in [-0.25, -0.2) is 9.07 Å². The molecular formula is C18H22FN5O. The maximum absolute atomic E-state index is 13.1. The highest BCUT2D eigenvalue weighted by Gasteiger charge is 2.29. The molecule has 1 N–H and O–H groups in total. The van der Waals surface area contributed by atoms with Gasteiger partial charge in [0.25, 0.3) is 0 Å². The fourth-order valence-corrected chi connectivity index (χ4v) is 3.32. The van der Waals surface area contributed by atoms with Gasteiger partial charge in [-0.1, -0.05) is 11.3 Å². The van der Waals surface area contributed by atoms with E-state index in [1.165, 1.54) is 25.0 Å². The van der Waals surface area contributed by atoms with Crippen LogP contribution in [0.25, 0.3) is 0 Å². The minimum absolute atomic E-state index is 0.0918. The first-order chi connectivity index (χ1) is 12.2. The summed E-state index contributed by atoms with van der Waals surface area (Å²) < 4.78 is 15.1. The van der Waals surface area contributed by atoms with Gasteiger partial charge in [0.05, 0.1) is 11.7 Å². The Kier molecular flexibility index (Phi) is 4.48. The van der Waals surface area contributed by atoms with Crippen molar-refractivity contribution in [3.05, 3.63) is 42.0 Å². The summed E-state index contributed by atoms with van der Waals surface area (Å²) in [6, 6.07) is 6.30. The van der Waals surface area contributed by atoms with E-state index in [0.717, 1.165) is 25.2 Å². The summed E-state index contributed by atoms with van der Waals surface area (Å²) in [7, 11) is 0. The first-order valence-corrected chi connectivity index (χ1v) is 8.87. The van der Waals surface area contributed by atoms with Crippen LogP contribution >= 0.6 is 0 Å². The SMILES string of the molecule is O=C(CCN1CCC(n2cc(C3CC3)nn2)C1)Nc1cccc(F)c1. The number of halogens is 1. The van der Waals surface area contributed by atoms with Crippen LogP contribution in [0.2, 0.25) is 0 Å². The highest BCUT2D eigenvalue weighted by Crippen LogP contribution is 2.39. The third-order valence-electron chi connectivity index (χ3n) is 4.91. The average molecular weight is 343 g/mol. The second kappa shape index (κ2) is 6.92. The number of benzene rings is 1. The van der Waals surface area contributed by atoms with E-state index in [2.05, 4.69) is 26.7 Å². The van der Waals surface area contributed by atoms with E-state index in [-0.39, 0.29) is 11.7 Å². The molecule has 1 aliphatic heterocycles. The molecule has 2 aliphatic rings. The second-order valence-corrected chi connectivity index (χ2v) is 6.95. The van der Waals surface area contributed by atoms with Crippen molar-refractivity contribution < 1.29 is 9.18 Å². The summed E-state index contributed by atoms with van der Waals surface area (Å²) >= 11 is 0. The van der Waals surface area contributed by atoms with Gasteiger partial charge in [-0.2, -0.15) is 0 Å². The van der Waals surface area contributed by atoms with E-state index in [1.54, 1.807) is 12.1 Å². The van der Waals surface area contributed by atoms with E-state index in [0.29, 0.717) is 30.6 Å². The molecule has 132 valence electrons. The van der Waals surface area contributed by atoms with Crippen molar-refractivity contribution in [1.82, 2.24) is 19.9 Å². The van der Waals surface area contributed by atoms with Crippen LogP contribution < -0.4 is 5.32 Å². The van der Waals surface area contributed by atoms with E-state index >= 15 is 0 Å². The van der Waals surface area contributed by atoms with Gasteiger partial charge in [-0.3, -0.25) is 4.79 Å². The van der Waals surface area contributed by atoms with Crippen molar-refractivity contribution in [2.24, 2.45) is 0 Å². The van der Waals surface area contributed by atoms with Crippen molar-refractivity contribution in [2.75, 3.05) is 25.0 Å². The summed E-state index contributed by atoms with van der Waals surface area (Å²) in [5, 5.41) is 11.3. The first-order valence-electron chi connectivity index (χ1n) is 8.87. The van der Waals surface area contributed by atoms with Crippen LogP contribution in [0.5, 0.6) is 0 Å². The van der Waals surface area contributed by atoms with Crippen LogP contribution in [0.3, 0.4) is 0 Å². The van der Waals surface area contributed by atoms with Crippen LogP contribution in [-0.4, -0.2) is 45.4 Å². The van der Waals surface area contributed by atoms with Gasteiger partial charge in [-0.05, 0) is 37.5 Å². The maximum atomic E-state index is 13.1. The van der Waals surface area contributed by atoms with Crippen molar-refractivity contribution in [3.63, 3.8) is 0 Å². The lowest BCUT2D eigenvalue weighted by molar-refractivity contribution is -0.116. The molecule has 1 aliphatic carbocycles. The van der Waals surface area contributed by atoms with Gasteiger partial charge < -0.3 is 10.2 Å². The Morgan fingerprint density at radius 3 is 3.00 bits per heavy atom. The molecule has 1 atom stereocenters. The van der Waals surface area contributed by atoms with Crippen LogP contribution in [0.1, 0.15) is 43.3 Å². The van der Waals surface area contributed by atoms with Crippen LogP contribution in [0.15, 0.2) is 30.5 Å². The zero-order chi connectivity index (χ0) is 17.2. The number of nitrogens with one attached hydrogen (secondary N) is 1. The van der Waals surface area contributed by atoms with E-state index in [1.807, 2.05) is 4.68 Å². The topological polar surface area (TPSA) is 63.1 Å². The van der Waals surface area contributed by atoms with Crippen LogP contribution in [0.4, 0.5) is 10.1 Å². The van der Waals surface area contributed by atoms with Gasteiger partial charge in [0.1, 0.15) is 5.82 Å². The number of carbonyl (C=O) groups is 1. The van der Waals surface area contributed by atoms with Gasteiger partial charge >= 0.3 is 0 Å². The second-order valence-electron chi connectivity index (χ2n) is 6.95. The maximum Gasteiger partial charge on any atom is 0.225 e. The third-order valence-corrected chi connectivity index (χ3v) is 4.91. The van der Waals surface area contributed by atoms with Gasteiger partial charge in [0.2, 0.25) is 5.91 Å². The molecule has 1 saturated carbocycles. The van der Waals surface area contributed by atoms with Gasteiger partial charge in [0, 0.05) is 43.9 Å². The summed E-state index contributed by atoms with van der Waals surface area (Å²) in [6.45, 7) is 2.54. The molecule has 1 amide bonds. The molecule has 2 heterocycles. The average Bonchev–Trinajstić information content (AvgIpc) is 3.14. The fraction of sp³-hybridized carbons (Fsp3) is 0.500. The Bertz CT molecular complexity index is 757. The normalized spacial score (nSPS) is 20.8. The summed E-state index contributed by atoms with van der Waals surface area (Å²) in [5.41, 5.74) is 1.62. The molecule has 0 radical (unpaired) electrons. The number of aromatic nitrogens is 3. The molecular weight excluding hydrogens is 321 g/mol. The molecule has 1 aromatic heterocycles. The van der Waals surface area contributed by atoms with E-state index in [4.69, 9.17) is 0 Å².